The molecule has 0 aromatic heterocycles. The van der Waals surface area contributed by atoms with E-state index in [1.54, 1.807) is 0 Å². The molecule has 4 N–H and O–H groups in total. The highest BCUT2D eigenvalue weighted by atomic mass is 16.4. The third kappa shape index (κ3) is 5.94. The summed E-state index contributed by atoms with van der Waals surface area (Å²) in [6, 6.07) is -0.340. The van der Waals surface area contributed by atoms with Gasteiger partial charge in [-0.05, 0) is 25.2 Å². The van der Waals surface area contributed by atoms with Gasteiger partial charge in [0, 0.05) is 6.42 Å². The molecule has 5 nitrogen and oxygen atoms in total. The van der Waals surface area contributed by atoms with Crippen molar-refractivity contribution >= 4 is 11.7 Å². The minimum Gasteiger partial charge on any atom is -0.409 e. The van der Waals surface area contributed by atoms with E-state index in [1.165, 1.54) is 25.7 Å². The largest absolute Gasteiger partial charge is 0.409 e. The van der Waals surface area contributed by atoms with Gasteiger partial charge in [-0.3, -0.25) is 4.79 Å². The Bertz CT molecular complexity index is 297. The second-order valence-electron chi connectivity index (χ2n) is 5.50. The monoisotopic (exact) mass is 269 g/mol. The molecule has 5 heteroatoms. The van der Waals surface area contributed by atoms with Gasteiger partial charge in [0.25, 0.3) is 0 Å². The zero-order valence-corrected chi connectivity index (χ0v) is 11.9. The highest BCUT2D eigenvalue weighted by molar-refractivity contribution is 5.89. The average molecular weight is 269 g/mol. The van der Waals surface area contributed by atoms with Gasteiger partial charge in [-0.15, -0.1) is 0 Å². The number of nitrogens with two attached hydrogens (primary N) is 1. The lowest BCUT2D eigenvalue weighted by Gasteiger charge is -2.19. The molecular weight excluding hydrogens is 242 g/mol. The molecule has 1 fully saturated rings. The van der Waals surface area contributed by atoms with Crippen LogP contribution in [0.4, 0.5) is 0 Å². The maximum Gasteiger partial charge on any atom is 0.220 e. The van der Waals surface area contributed by atoms with Crippen molar-refractivity contribution in [3.05, 3.63) is 0 Å². The van der Waals surface area contributed by atoms with E-state index in [-0.39, 0.29) is 17.8 Å². The summed E-state index contributed by atoms with van der Waals surface area (Å²) < 4.78 is 0. The number of amides is 1. The smallest absolute Gasteiger partial charge is 0.220 e. The molecule has 1 aliphatic carbocycles. The summed E-state index contributed by atoms with van der Waals surface area (Å²) in [5.74, 6) is 0.616. The highest BCUT2D eigenvalue weighted by Gasteiger charge is 2.20. The van der Waals surface area contributed by atoms with E-state index in [9.17, 15) is 4.79 Å². The number of hydrogen-bond donors (Lipinski definition) is 3. The number of nitrogens with zero attached hydrogens (tertiary/aromatic N) is 1. The Labute approximate surface area is 115 Å². The van der Waals surface area contributed by atoms with Crippen molar-refractivity contribution in [1.82, 2.24) is 5.32 Å². The predicted octanol–water partition coefficient (Wildman–Crippen LogP) is 2.38. The SMILES string of the molecule is CCCC(NC(=O)CC1CCCCCC1)C(N)=NO. The summed E-state index contributed by atoms with van der Waals surface area (Å²) in [5.41, 5.74) is 5.60. The second-order valence-corrected chi connectivity index (χ2v) is 5.50. The molecule has 1 atom stereocenters. The van der Waals surface area contributed by atoms with Gasteiger partial charge < -0.3 is 16.3 Å². The van der Waals surface area contributed by atoms with Crippen LogP contribution in [0.5, 0.6) is 0 Å². The first-order chi connectivity index (χ1) is 9.17. The molecule has 0 heterocycles. The van der Waals surface area contributed by atoms with Crippen LogP contribution >= 0.6 is 0 Å². The van der Waals surface area contributed by atoms with Crippen molar-refractivity contribution in [3.8, 4) is 0 Å². The van der Waals surface area contributed by atoms with Crippen molar-refractivity contribution in [3.63, 3.8) is 0 Å². The molecule has 0 aliphatic heterocycles. The Morgan fingerprint density at radius 1 is 1.37 bits per heavy atom. The van der Waals surface area contributed by atoms with Gasteiger partial charge in [0.2, 0.25) is 5.91 Å². The maximum atomic E-state index is 12.0. The van der Waals surface area contributed by atoms with E-state index < -0.39 is 0 Å². The van der Waals surface area contributed by atoms with Crippen LogP contribution in [-0.2, 0) is 4.79 Å². The lowest BCUT2D eigenvalue weighted by molar-refractivity contribution is -0.122. The molecule has 0 radical (unpaired) electrons. The molecule has 1 amide bonds. The first-order valence-corrected chi connectivity index (χ1v) is 7.44. The molecule has 0 aromatic rings. The number of carbonyl (C=O) groups excluding carboxylic acids is 1. The fourth-order valence-corrected chi connectivity index (χ4v) is 2.74. The zero-order valence-electron chi connectivity index (χ0n) is 11.9. The molecule has 1 aliphatic rings. The number of nitrogens with one attached hydrogen (secondary N) is 1. The van der Waals surface area contributed by atoms with Crippen molar-refractivity contribution < 1.29 is 10.0 Å². The predicted molar refractivity (Wildman–Crippen MR) is 76.1 cm³/mol. The lowest BCUT2D eigenvalue weighted by atomic mass is 9.96. The third-order valence-electron chi connectivity index (χ3n) is 3.83. The number of oxime groups is 1. The molecule has 1 unspecified atom stereocenters. The van der Waals surface area contributed by atoms with E-state index in [1.807, 2.05) is 6.92 Å². The summed E-state index contributed by atoms with van der Waals surface area (Å²) in [5, 5.41) is 14.6. The van der Waals surface area contributed by atoms with Gasteiger partial charge in [-0.1, -0.05) is 44.2 Å². The van der Waals surface area contributed by atoms with Gasteiger partial charge in [0.05, 0.1) is 6.04 Å². The Kier molecular flexibility index (Phi) is 7.30. The van der Waals surface area contributed by atoms with Crippen LogP contribution < -0.4 is 11.1 Å². The van der Waals surface area contributed by atoms with Crippen LogP contribution in [0.1, 0.15) is 64.7 Å². The molecule has 0 saturated heterocycles. The van der Waals surface area contributed by atoms with Crippen molar-refractivity contribution in [2.24, 2.45) is 16.8 Å². The van der Waals surface area contributed by atoms with Crippen LogP contribution in [0.15, 0.2) is 5.16 Å². The van der Waals surface area contributed by atoms with Crippen molar-refractivity contribution in [2.45, 2.75) is 70.8 Å². The third-order valence-corrected chi connectivity index (χ3v) is 3.83. The summed E-state index contributed by atoms with van der Waals surface area (Å²) in [7, 11) is 0. The Morgan fingerprint density at radius 2 is 2.00 bits per heavy atom. The number of hydrogen-bond acceptors (Lipinski definition) is 3. The molecule has 1 rings (SSSR count). The van der Waals surface area contributed by atoms with Crippen molar-refractivity contribution in [1.29, 1.82) is 0 Å². The lowest BCUT2D eigenvalue weighted by Crippen LogP contribution is -2.44. The minimum atomic E-state index is -0.340. The molecule has 110 valence electrons. The van der Waals surface area contributed by atoms with E-state index in [0.717, 1.165) is 19.3 Å². The van der Waals surface area contributed by atoms with Gasteiger partial charge in [-0.2, -0.15) is 0 Å². The zero-order chi connectivity index (χ0) is 14.1. The van der Waals surface area contributed by atoms with E-state index in [4.69, 9.17) is 10.9 Å². The molecule has 19 heavy (non-hydrogen) atoms. The summed E-state index contributed by atoms with van der Waals surface area (Å²) in [6.07, 6.45) is 9.50. The first kappa shape index (κ1) is 15.8. The van der Waals surface area contributed by atoms with Crippen molar-refractivity contribution in [2.75, 3.05) is 0 Å². The molecule has 0 aromatic carbocycles. The number of rotatable bonds is 6. The molecular formula is C14H27N3O2. The molecule has 0 spiro atoms. The molecule has 0 bridgehead atoms. The Hall–Kier alpha value is -1.26. The highest BCUT2D eigenvalue weighted by Crippen LogP contribution is 2.25. The number of carbonyl (C=O) groups is 1. The Morgan fingerprint density at radius 3 is 2.53 bits per heavy atom. The normalized spacial score (nSPS) is 19.7. The maximum absolute atomic E-state index is 12.0. The van der Waals surface area contributed by atoms with E-state index >= 15 is 0 Å². The van der Waals surface area contributed by atoms with Crippen LogP contribution in [-0.4, -0.2) is 23.0 Å². The first-order valence-electron chi connectivity index (χ1n) is 7.44. The minimum absolute atomic E-state index is 0.0250. The Balaban J connectivity index is 2.42. The fraction of sp³-hybridized carbons (Fsp3) is 0.857. The summed E-state index contributed by atoms with van der Waals surface area (Å²) in [4.78, 5) is 12.0. The van der Waals surface area contributed by atoms with E-state index in [2.05, 4.69) is 10.5 Å². The average Bonchev–Trinajstić information content (AvgIpc) is 2.66. The van der Waals surface area contributed by atoms with E-state index in [0.29, 0.717) is 18.8 Å². The van der Waals surface area contributed by atoms with Crippen LogP contribution in [0.25, 0.3) is 0 Å². The second kappa shape index (κ2) is 8.77. The van der Waals surface area contributed by atoms with Gasteiger partial charge in [-0.25, -0.2) is 0 Å². The number of amidine groups is 1. The van der Waals surface area contributed by atoms with Crippen LogP contribution in [0.2, 0.25) is 0 Å². The topological polar surface area (TPSA) is 87.7 Å². The quantitative estimate of drug-likeness (QED) is 0.227. The van der Waals surface area contributed by atoms with Gasteiger partial charge >= 0.3 is 0 Å². The standard InChI is InChI=1S/C14H27N3O2/c1-2-7-12(14(15)17-19)16-13(18)10-11-8-5-3-4-6-9-11/h11-12,19H,2-10H2,1H3,(H2,15,17)(H,16,18). The summed E-state index contributed by atoms with van der Waals surface area (Å²) in [6.45, 7) is 2.01. The fourth-order valence-electron chi connectivity index (χ4n) is 2.74. The van der Waals surface area contributed by atoms with Crippen LogP contribution in [0.3, 0.4) is 0 Å². The van der Waals surface area contributed by atoms with Gasteiger partial charge in [0.15, 0.2) is 5.84 Å². The van der Waals surface area contributed by atoms with Crippen LogP contribution in [0, 0.1) is 5.92 Å². The molecule has 1 saturated carbocycles. The summed E-state index contributed by atoms with van der Waals surface area (Å²) >= 11 is 0. The van der Waals surface area contributed by atoms with Gasteiger partial charge in [0.1, 0.15) is 0 Å².